The van der Waals surface area contributed by atoms with E-state index in [1.807, 2.05) is 42.5 Å². The number of H-pyrrole nitrogens is 1. The fourth-order valence-electron chi connectivity index (χ4n) is 2.93. The molecule has 104 valence electrons. The summed E-state index contributed by atoms with van der Waals surface area (Å²) in [5.41, 5.74) is 3.03. The highest BCUT2D eigenvalue weighted by Crippen LogP contribution is 2.40. The van der Waals surface area contributed by atoms with Gasteiger partial charge in [0.05, 0.1) is 5.56 Å². The number of carbonyl (C=O) groups excluding carboxylic acids is 1. The van der Waals surface area contributed by atoms with E-state index >= 15 is 0 Å². The van der Waals surface area contributed by atoms with Gasteiger partial charge in [0.25, 0.3) is 5.91 Å². The molecule has 2 atom stereocenters. The van der Waals surface area contributed by atoms with Crippen LogP contribution in [0.4, 0.5) is 0 Å². The molecular weight excluding hydrogens is 260 g/mol. The number of hydrogen-bond acceptors (Lipinski definition) is 1. The van der Waals surface area contributed by atoms with Crippen LogP contribution in [-0.4, -0.2) is 16.9 Å². The van der Waals surface area contributed by atoms with Crippen LogP contribution in [0.1, 0.15) is 28.3 Å². The van der Waals surface area contributed by atoms with Gasteiger partial charge in [-0.25, -0.2) is 0 Å². The molecule has 1 fully saturated rings. The van der Waals surface area contributed by atoms with Crippen molar-refractivity contribution in [1.29, 1.82) is 0 Å². The van der Waals surface area contributed by atoms with E-state index in [1.54, 1.807) is 6.20 Å². The molecule has 21 heavy (non-hydrogen) atoms. The highest BCUT2D eigenvalue weighted by molar-refractivity contribution is 6.06. The van der Waals surface area contributed by atoms with Gasteiger partial charge in [0.2, 0.25) is 0 Å². The second-order valence-electron chi connectivity index (χ2n) is 5.58. The number of aromatic amines is 1. The van der Waals surface area contributed by atoms with Crippen LogP contribution in [-0.2, 0) is 0 Å². The SMILES string of the molecule is O=C(NC1CC1c1ccccc1)c1c[nH]c2ccccc12. The van der Waals surface area contributed by atoms with Crippen LogP contribution in [0.5, 0.6) is 0 Å². The molecule has 2 unspecified atom stereocenters. The molecule has 2 aromatic carbocycles. The van der Waals surface area contributed by atoms with Gasteiger partial charge in [0.15, 0.2) is 0 Å². The Bertz CT molecular complexity index is 791. The second kappa shape index (κ2) is 4.77. The van der Waals surface area contributed by atoms with E-state index in [4.69, 9.17) is 0 Å². The highest BCUT2D eigenvalue weighted by Gasteiger charge is 2.39. The van der Waals surface area contributed by atoms with Gasteiger partial charge in [0, 0.05) is 29.1 Å². The summed E-state index contributed by atoms with van der Waals surface area (Å²) in [6, 6.07) is 18.5. The quantitative estimate of drug-likeness (QED) is 0.756. The van der Waals surface area contributed by atoms with E-state index in [0.717, 1.165) is 22.9 Å². The van der Waals surface area contributed by atoms with Crippen LogP contribution in [0.15, 0.2) is 60.8 Å². The predicted molar refractivity (Wildman–Crippen MR) is 83.4 cm³/mol. The van der Waals surface area contributed by atoms with Crippen molar-refractivity contribution in [2.75, 3.05) is 0 Å². The Hall–Kier alpha value is -2.55. The average Bonchev–Trinajstić information content (AvgIpc) is 3.15. The Morgan fingerprint density at radius 1 is 1.05 bits per heavy atom. The van der Waals surface area contributed by atoms with Gasteiger partial charge in [-0.1, -0.05) is 48.5 Å². The lowest BCUT2D eigenvalue weighted by molar-refractivity contribution is 0.0952. The third-order valence-corrected chi connectivity index (χ3v) is 4.17. The van der Waals surface area contributed by atoms with Gasteiger partial charge in [-0.15, -0.1) is 0 Å². The van der Waals surface area contributed by atoms with Gasteiger partial charge >= 0.3 is 0 Å². The molecule has 1 aromatic heterocycles. The summed E-state index contributed by atoms with van der Waals surface area (Å²) in [5.74, 6) is 0.469. The number of para-hydroxylation sites is 1. The maximum Gasteiger partial charge on any atom is 0.253 e. The fraction of sp³-hybridized carbons (Fsp3) is 0.167. The van der Waals surface area contributed by atoms with Crippen molar-refractivity contribution in [2.24, 2.45) is 0 Å². The molecule has 3 aromatic rings. The van der Waals surface area contributed by atoms with Crippen molar-refractivity contribution < 1.29 is 4.79 Å². The number of rotatable bonds is 3. The van der Waals surface area contributed by atoms with Crippen molar-refractivity contribution in [1.82, 2.24) is 10.3 Å². The monoisotopic (exact) mass is 276 g/mol. The molecule has 0 bridgehead atoms. The van der Waals surface area contributed by atoms with Gasteiger partial charge in [-0.2, -0.15) is 0 Å². The van der Waals surface area contributed by atoms with E-state index in [9.17, 15) is 4.79 Å². The number of fused-ring (bicyclic) bond motifs is 1. The van der Waals surface area contributed by atoms with Crippen LogP contribution in [0.25, 0.3) is 10.9 Å². The summed E-state index contributed by atoms with van der Waals surface area (Å²) in [4.78, 5) is 15.6. The number of carbonyl (C=O) groups is 1. The standard InChI is InChI=1S/C18H16N2O/c21-18(15-11-19-16-9-5-4-8-13(15)16)20-17-10-14(17)12-6-2-1-3-7-12/h1-9,11,14,17,19H,10H2,(H,20,21). The zero-order valence-electron chi connectivity index (χ0n) is 11.5. The summed E-state index contributed by atoms with van der Waals surface area (Å²) in [7, 11) is 0. The van der Waals surface area contributed by atoms with Crippen molar-refractivity contribution in [3.8, 4) is 0 Å². The molecule has 0 saturated heterocycles. The van der Waals surface area contributed by atoms with Crippen LogP contribution >= 0.6 is 0 Å². The molecule has 4 rings (SSSR count). The minimum atomic E-state index is 0.0101. The summed E-state index contributed by atoms with van der Waals surface area (Å²) >= 11 is 0. The molecule has 1 amide bonds. The first-order chi connectivity index (χ1) is 10.3. The van der Waals surface area contributed by atoms with Crippen molar-refractivity contribution >= 4 is 16.8 Å². The number of hydrogen-bond donors (Lipinski definition) is 2. The van der Waals surface area contributed by atoms with E-state index in [0.29, 0.717) is 5.92 Å². The minimum absolute atomic E-state index is 0.0101. The van der Waals surface area contributed by atoms with Crippen LogP contribution in [0, 0.1) is 0 Å². The van der Waals surface area contributed by atoms with E-state index in [-0.39, 0.29) is 11.9 Å². The molecule has 3 heteroatoms. The normalized spacial score (nSPS) is 20.4. The number of benzene rings is 2. The van der Waals surface area contributed by atoms with Crippen LogP contribution in [0.2, 0.25) is 0 Å². The maximum atomic E-state index is 12.4. The summed E-state index contributed by atoms with van der Waals surface area (Å²) in [5, 5.41) is 4.12. The molecule has 3 nitrogen and oxygen atoms in total. The number of nitrogens with one attached hydrogen (secondary N) is 2. The Labute approximate surface area is 123 Å². The Kier molecular flexibility index (Phi) is 2.78. The van der Waals surface area contributed by atoms with Crippen molar-refractivity contribution in [2.45, 2.75) is 18.4 Å². The zero-order chi connectivity index (χ0) is 14.2. The largest absolute Gasteiger partial charge is 0.360 e. The third kappa shape index (κ3) is 2.21. The van der Waals surface area contributed by atoms with E-state index in [1.165, 1.54) is 5.56 Å². The first kappa shape index (κ1) is 12.2. The van der Waals surface area contributed by atoms with Gasteiger partial charge in [-0.3, -0.25) is 4.79 Å². The van der Waals surface area contributed by atoms with E-state index in [2.05, 4.69) is 22.4 Å². The average molecular weight is 276 g/mol. The molecule has 1 saturated carbocycles. The van der Waals surface area contributed by atoms with E-state index < -0.39 is 0 Å². The smallest absolute Gasteiger partial charge is 0.253 e. The van der Waals surface area contributed by atoms with Crippen LogP contribution in [0.3, 0.4) is 0 Å². The Morgan fingerprint density at radius 2 is 1.81 bits per heavy atom. The zero-order valence-corrected chi connectivity index (χ0v) is 11.5. The second-order valence-corrected chi connectivity index (χ2v) is 5.58. The summed E-state index contributed by atoms with van der Waals surface area (Å²) < 4.78 is 0. The lowest BCUT2D eigenvalue weighted by Crippen LogP contribution is -2.26. The number of aromatic nitrogens is 1. The summed E-state index contributed by atoms with van der Waals surface area (Å²) in [6.45, 7) is 0. The first-order valence-electron chi connectivity index (χ1n) is 7.25. The van der Waals surface area contributed by atoms with Gasteiger partial charge < -0.3 is 10.3 Å². The first-order valence-corrected chi connectivity index (χ1v) is 7.25. The highest BCUT2D eigenvalue weighted by atomic mass is 16.1. The molecule has 0 spiro atoms. The van der Waals surface area contributed by atoms with Crippen molar-refractivity contribution in [3.63, 3.8) is 0 Å². The molecule has 1 aliphatic carbocycles. The Morgan fingerprint density at radius 3 is 2.67 bits per heavy atom. The molecule has 1 heterocycles. The minimum Gasteiger partial charge on any atom is -0.360 e. The predicted octanol–water partition coefficient (Wildman–Crippen LogP) is 3.45. The maximum absolute atomic E-state index is 12.4. The fourth-order valence-corrected chi connectivity index (χ4v) is 2.93. The molecular formula is C18H16N2O. The molecule has 0 aliphatic heterocycles. The summed E-state index contributed by atoms with van der Waals surface area (Å²) in [6.07, 6.45) is 2.82. The topological polar surface area (TPSA) is 44.9 Å². The molecule has 0 radical (unpaired) electrons. The lowest BCUT2D eigenvalue weighted by atomic mass is 10.1. The van der Waals surface area contributed by atoms with Crippen molar-refractivity contribution in [3.05, 3.63) is 71.9 Å². The van der Waals surface area contributed by atoms with Gasteiger partial charge in [-0.05, 0) is 18.1 Å². The molecule has 2 N–H and O–H groups in total. The lowest BCUT2D eigenvalue weighted by Gasteiger charge is -2.04. The van der Waals surface area contributed by atoms with Crippen LogP contribution < -0.4 is 5.32 Å². The molecule has 1 aliphatic rings. The third-order valence-electron chi connectivity index (χ3n) is 4.17. The Balaban J connectivity index is 1.50. The number of amides is 1. The van der Waals surface area contributed by atoms with Gasteiger partial charge in [0.1, 0.15) is 0 Å².